The lowest BCUT2D eigenvalue weighted by atomic mass is 10.0. The maximum absolute atomic E-state index is 6.17. The van der Waals surface area contributed by atoms with Gasteiger partial charge in [0.05, 0.1) is 36.7 Å². The molecule has 0 bridgehead atoms. The van der Waals surface area contributed by atoms with Crippen LogP contribution in [0.5, 0.6) is 5.75 Å². The molecule has 8 nitrogen and oxygen atoms in total. The summed E-state index contributed by atoms with van der Waals surface area (Å²) in [5.41, 5.74) is 5.14. The van der Waals surface area contributed by atoms with Crippen LogP contribution in [0.3, 0.4) is 0 Å². The van der Waals surface area contributed by atoms with Crippen molar-refractivity contribution < 1.29 is 14.2 Å². The minimum atomic E-state index is -0.0343. The van der Waals surface area contributed by atoms with Crippen LogP contribution in [0.1, 0.15) is 6.92 Å². The van der Waals surface area contributed by atoms with Gasteiger partial charge in [-0.15, -0.1) is 0 Å². The molecular weight excluding hydrogens is 478 g/mol. The first kappa shape index (κ1) is 24.6. The van der Waals surface area contributed by atoms with E-state index in [2.05, 4.69) is 63.8 Å². The van der Waals surface area contributed by atoms with Crippen molar-refractivity contribution >= 4 is 28.2 Å². The topological polar surface area (TPSA) is 80.8 Å². The molecule has 2 aliphatic rings. The molecule has 196 valence electrons. The SMILES string of the molecule is CC(Oc1ccc(-c2cccc3cnc(Nc4ccccc4N4CCOCC4)nc23)cc1)C1CNCCO1. The molecule has 3 aromatic carbocycles. The summed E-state index contributed by atoms with van der Waals surface area (Å²) in [6, 6.07) is 22.7. The highest BCUT2D eigenvalue weighted by molar-refractivity contribution is 5.94. The van der Waals surface area contributed by atoms with Gasteiger partial charge in [0.2, 0.25) is 5.95 Å². The molecule has 2 saturated heterocycles. The number of rotatable bonds is 7. The van der Waals surface area contributed by atoms with Crippen molar-refractivity contribution in [3.05, 3.63) is 72.9 Å². The molecule has 2 atom stereocenters. The second-order valence-corrected chi connectivity index (χ2v) is 9.64. The first-order chi connectivity index (χ1) is 18.7. The number of aromatic nitrogens is 2. The third-order valence-electron chi connectivity index (χ3n) is 7.08. The van der Waals surface area contributed by atoms with E-state index in [1.165, 1.54) is 0 Å². The van der Waals surface area contributed by atoms with Crippen molar-refractivity contribution in [1.29, 1.82) is 0 Å². The van der Waals surface area contributed by atoms with E-state index >= 15 is 0 Å². The molecule has 0 radical (unpaired) electrons. The van der Waals surface area contributed by atoms with E-state index in [-0.39, 0.29) is 12.2 Å². The van der Waals surface area contributed by atoms with Gasteiger partial charge >= 0.3 is 0 Å². The summed E-state index contributed by atoms with van der Waals surface area (Å²) < 4.78 is 17.5. The molecule has 38 heavy (non-hydrogen) atoms. The predicted molar refractivity (Wildman–Crippen MR) is 150 cm³/mol. The van der Waals surface area contributed by atoms with Crippen LogP contribution in [0.4, 0.5) is 17.3 Å². The van der Waals surface area contributed by atoms with E-state index in [1.807, 2.05) is 36.5 Å². The standard InChI is InChI=1S/C30H33N5O3/c1-21(28-20-31-13-16-37-28)38-24-11-9-22(10-12-24)25-6-4-5-23-19-32-30(34-29(23)25)33-26-7-2-3-8-27(26)35-14-17-36-18-15-35/h2-12,19,21,28,31H,13-18,20H2,1H3,(H,32,33,34). The highest BCUT2D eigenvalue weighted by atomic mass is 16.5. The Kier molecular flexibility index (Phi) is 7.35. The van der Waals surface area contributed by atoms with Crippen LogP contribution in [-0.4, -0.2) is 68.2 Å². The summed E-state index contributed by atoms with van der Waals surface area (Å²) in [5, 5.41) is 7.81. The van der Waals surface area contributed by atoms with Gasteiger partial charge in [-0.2, -0.15) is 0 Å². The lowest BCUT2D eigenvalue weighted by Gasteiger charge is -2.30. The smallest absolute Gasteiger partial charge is 0.227 e. The van der Waals surface area contributed by atoms with E-state index in [1.54, 1.807) is 0 Å². The Labute approximate surface area is 223 Å². The van der Waals surface area contributed by atoms with E-state index in [0.29, 0.717) is 5.95 Å². The Bertz CT molecular complexity index is 1370. The molecule has 6 rings (SSSR count). The fourth-order valence-electron chi connectivity index (χ4n) is 5.02. The maximum atomic E-state index is 6.17. The second-order valence-electron chi connectivity index (χ2n) is 9.64. The molecule has 2 aliphatic heterocycles. The Morgan fingerprint density at radius 2 is 1.84 bits per heavy atom. The number of nitrogens with one attached hydrogen (secondary N) is 2. The highest BCUT2D eigenvalue weighted by Crippen LogP contribution is 2.32. The molecule has 0 saturated carbocycles. The van der Waals surface area contributed by atoms with E-state index < -0.39 is 0 Å². The molecule has 8 heteroatoms. The Balaban J connectivity index is 1.24. The molecule has 0 aliphatic carbocycles. The summed E-state index contributed by atoms with van der Waals surface area (Å²) in [6.45, 7) is 7.67. The van der Waals surface area contributed by atoms with E-state index in [0.717, 1.165) is 85.2 Å². The van der Waals surface area contributed by atoms with Gasteiger partial charge < -0.3 is 29.7 Å². The molecule has 0 amide bonds. The molecule has 1 aromatic heterocycles. The van der Waals surface area contributed by atoms with Crippen LogP contribution in [0.2, 0.25) is 0 Å². The Morgan fingerprint density at radius 3 is 2.66 bits per heavy atom. The summed E-state index contributed by atoms with van der Waals surface area (Å²) in [4.78, 5) is 11.9. The third-order valence-corrected chi connectivity index (χ3v) is 7.08. The van der Waals surface area contributed by atoms with Crippen molar-refractivity contribution in [2.45, 2.75) is 19.1 Å². The Hall–Kier alpha value is -3.72. The largest absolute Gasteiger partial charge is 0.488 e. The molecular formula is C30H33N5O3. The van der Waals surface area contributed by atoms with E-state index in [9.17, 15) is 0 Å². The van der Waals surface area contributed by atoms with Gasteiger partial charge in [-0.3, -0.25) is 0 Å². The number of anilines is 3. The molecule has 3 heterocycles. The quantitative estimate of drug-likeness (QED) is 0.372. The predicted octanol–water partition coefficient (Wildman–Crippen LogP) is 4.63. The first-order valence-electron chi connectivity index (χ1n) is 13.3. The number of para-hydroxylation sites is 3. The van der Waals surface area contributed by atoms with E-state index in [4.69, 9.17) is 19.2 Å². The number of morpholine rings is 2. The summed E-state index contributed by atoms with van der Waals surface area (Å²) in [7, 11) is 0. The second kappa shape index (κ2) is 11.3. The number of ether oxygens (including phenoxy) is 3. The van der Waals surface area contributed by atoms with Gasteiger partial charge in [-0.1, -0.05) is 42.5 Å². The summed E-state index contributed by atoms with van der Waals surface area (Å²) >= 11 is 0. The molecule has 0 spiro atoms. The van der Waals surface area contributed by atoms with Crippen LogP contribution in [0, 0.1) is 0 Å². The van der Waals surface area contributed by atoms with Crippen LogP contribution in [0.15, 0.2) is 72.9 Å². The zero-order valence-corrected chi connectivity index (χ0v) is 21.6. The highest BCUT2D eigenvalue weighted by Gasteiger charge is 2.22. The number of hydrogen-bond donors (Lipinski definition) is 2. The van der Waals surface area contributed by atoms with Crippen LogP contribution in [-0.2, 0) is 9.47 Å². The number of fused-ring (bicyclic) bond motifs is 1. The monoisotopic (exact) mass is 511 g/mol. The van der Waals surface area contributed by atoms with Gasteiger partial charge in [0.1, 0.15) is 18.0 Å². The zero-order valence-electron chi connectivity index (χ0n) is 21.6. The molecule has 4 aromatic rings. The average Bonchev–Trinajstić information content (AvgIpc) is 2.98. The fraction of sp³-hybridized carbons (Fsp3) is 0.333. The number of nitrogens with zero attached hydrogens (tertiary/aromatic N) is 3. The van der Waals surface area contributed by atoms with Crippen molar-refractivity contribution in [2.24, 2.45) is 0 Å². The third kappa shape index (κ3) is 5.43. The lowest BCUT2D eigenvalue weighted by molar-refractivity contribution is -0.0350. The fourth-order valence-corrected chi connectivity index (χ4v) is 5.02. The van der Waals surface area contributed by atoms with Crippen LogP contribution < -0.4 is 20.3 Å². The van der Waals surface area contributed by atoms with Crippen molar-refractivity contribution in [1.82, 2.24) is 15.3 Å². The van der Waals surface area contributed by atoms with Gasteiger partial charge in [0.25, 0.3) is 0 Å². The van der Waals surface area contributed by atoms with Gasteiger partial charge in [0.15, 0.2) is 0 Å². The van der Waals surface area contributed by atoms with Crippen LogP contribution in [0.25, 0.3) is 22.0 Å². The van der Waals surface area contributed by atoms with Gasteiger partial charge in [0, 0.05) is 43.3 Å². The zero-order chi connectivity index (χ0) is 25.7. The number of hydrogen-bond acceptors (Lipinski definition) is 8. The van der Waals surface area contributed by atoms with Crippen molar-refractivity contribution in [3.8, 4) is 16.9 Å². The van der Waals surface area contributed by atoms with Crippen LogP contribution >= 0.6 is 0 Å². The minimum Gasteiger partial charge on any atom is -0.488 e. The summed E-state index contributed by atoms with van der Waals surface area (Å²) in [5.74, 6) is 1.40. The van der Waals surface area contributed by atoms with Crippen molar-refractivity contribution in [2.75, 3.05) is 56.2 Å². The van der Waals surface area contributed by atoms with Gasteiger partial charge in [-0.05, 0) is 36.8 Å². The molecule has 2 N–H and O–H groups in total. The average molecular weight is 512 g/mol. The normalized spacial score (nSPS) is 18.8. The molecule has 2 fully saturated rings. The lowest BCUT2D eigenvalue weighted by Crippen LogP contribution is -2.46. The van der Waals surface area contributed by atoms with Gasteiger partial charge in [-0.25, -0.2) is 9.97 Å². The Morgan fingerprint density at radius 1 is 1.00 bits per heavy atom. The summed E-state index contributed by atoms with van der Waals surface area (Å²) in [6.07, 6.45) is 1.90. The first-order valence-corrected chi connectivity index (χ1v) is 13.3. The van der Waals surface area contributed by atoms with Crippen molar-refractivity contribution in [3.63, 3.8) is 0 Å². The number of benzene rings is 3. The minimum absolute atomic E-state index is 0.0343. The molecule has 2 unspecified atom stereocenters. The maximum Gasteiger partial charge on any atom is 0.227 e.